The fourth-order valence-corrected chi connectivity index (χ4v) is 5.58. The van der Waals surface area contributed by atoms with Crippen molar-refractivity contribution in [3.63, 3.8) is 0 Å². The molecule has 0 atom stereocenters. The average molecular weight is 426 g/mol. The Labute approximate surface area is 178 Å². The maximum atomic E-state index is 12.6. The zero-order chi connectivity index (χ0) is 21.1. The van der Waals surface area contributed by atoms with Gasteiger partial charge in [0.05, 0.1) is 7.11 Å². The summed E-state index contributed by atoms with van der Waals surface area (Å²) in [6, 6.07) is 15.6. The fraction of sp³-hybridized carbons (Fsp3) is 0.348. The van der Waals surface area contributed by atoms with E-state index in [2.05, 4.69) is 38.9 Å². The highest BCUT2D eigenvalue weighted by Crippen LogP contribution is 2.30. The average Bonchev–Trinajstić information content (AvgIpc) is 2.99. The first-order valence-corrected chi connectivity index (χ1v) is 11.7. The van der Waals surface area contributed by atoms with Gasteiger partial charge in [0.1, 0.15) is 16.5 Å². The van der Waals surface area contributed by atoms with Crippen LogP contribution in [0.1, 0.15) is 30.0 Å². The van der Waals surface area contributed by atoms with Crippen molar-refractivity contribution < 1.29 is 13.2 Å². The van der Waals surface area contributed by atoms with E-state index in [9.17, 15) is 8.42 Å². The van der Waals surface area contributed by atoms with Crippen LogP contribution in [0.3, 0.4) is 0 Å². The summed E-state index contributed by atoms with van der Waals surface area (Å²) in [6.45, 7) is 5.37. The van der Waals surface area contributed by atoms with E-state index in [4.69, 9.17) is 4.74 Å². The molecule has 0 spiro atoms. The number of sulfonamides is 1. The number of hydrogen-bond donors (Lipinski definition) is 1. The summed E-state index contributed by atoms with van der Waals surface area (Å²) in [4.78, 5) is 7.28. The van der Waals surface area contributed by atoms with E-state index in [-0.39, 0.29) is 4.91 Å². The quantitative estimate of drug-likeness (QED) is 0.722. The highest BCUT2D eigenvalue weighted by atomic mass is 32.2. The second-order valence-electron chi connectivity index (χ2n) is 7.67. The predicted octanol–water partition coefficient (Wildman–Crippen LogP) is 3.21. The summed E-state index contributed by atoms with van der Waals surface area (Å²) < 4.78 is 33.1. The Morgan fingerprint density at radius 1 is 1.10 bits per heavy atom. The van der Waals surface area contributed by atoms with E-state index in [0.717, 1.165) is 32.5 Å². The third-order valence-electron chi connectivity index (χ3n) is 5.66. The molecule has 0 bridgehead atoms. The molecule has 1 N–H and O–H groups in total. The van der Waals surface area contributed by atoms with Gasteiger partial charge in [0.2, 0.25) is 0 Å². The van der Waals surface area contributed by atoms with Crippen LogP contribution in [-0.2, 0) is 23.0 Å². The Morgan fingerprint density at radius 3 is 2.57 bits per heavy atom. The molecule has 2 aromatic rings. The van der Waals surface area contributed by atoms with E-state index < -0.39 is 10.0 Å². The van der Waals surface area contributed by atoms with Crippen molar-refractivity contribution in [2.24, 2.45) is 4.99 Å². The summed E-state index contributed by atoms with van der Waals surface area (Å²) >= 11 is 0. The molecule has 0 radical (unpaired) electrons. The van der Waals surface area contributed by atoms with Gasteiger partial charge in [-0.2, -0.15) is 0 Å². The van der Waals surface area contributed by atoms with Crippen LogP contribution in [0.25, 0.3) is 4.91 Å². The molecule has 0 aromatic heterocycles. The minimum Gasteiger partial charge on any atom is -0.497 e. The number of aliphatic imine (C=N–C) groups is 1. The van der Waals surface area contributed by atoms with E-state index >= 15 is 0 Å². The van der Waals surface area contributed by atoms with Crippen molar-refractivity contribution in [2.45, 2.75) is 26.3 Å². The Kier molecular flexibility index (Phi) is 5.92. The number of methoxy groups -OCH3 is 1. The highest BCUT2D eigenvalue weighted by molar-refractivity contribution is 8.00. The number of rotatable bonds is 6. The van der Waals surface area contributed by atoms with Crippen LogP contribution in [0.5, 0.6) is 5.75 Å². The van der Waals surface area contributed by atoms with Crippen LogP contribution in [-0.4, -0.2) is 45.9 Å². The lowest BCUT2D eigenvalue weighted by Crippen LogP contribution is -2.31. The standard InChI is InChI=1S/C23H27N3O3S/c1-17-22(19-8-10-21(29-2)11-9-19)30(27,28)25-23(17)24-13-5-14-26-15-12-18-6-3-4-7-20(18)16-26/h3-4,6-11H,5,12-16H2,1-2H3,(H,24,25). The number of amidine groups is 1. The molecule has 0 aliphatic carbocycles. The zero-order valence-electron chi connectivity index (χ0n) is 17.4. The number of nitrogens with one attached hydrogen (secondary N) is 1. The fourth-order valence-electron chi connectivity index (χ4n) is 4.06. The second-order valence-corrected chi connectivity index (χ2v) is 9.29. The summed E-state index contributed by atoms with van der Waals surface area (Å²) in [5.74, 6) is 1.14. The first-order chi connectivity index (χ1) is 14.5. The molecular formula is C23H27N3O3S. The lowest BCUT2D eigenvalue weighted by Gasteiger charge is -2.28. The predicted molar refractivity (Wildman–Crippen MR) is 120 cm³/mol. The highest BCUT2D eigenvalue weighted by Gasteiger charge is 2.32. The van der Waals surface area contributed by atoms with E-state index in [1.54, 1.807) is 38.3 Å². The van der Waals surface area contributed by atoms with Crippen molar-refractivity contribution >= 4 is 20.8 Å². The van der Waals surface area contributed by atoms with Crippen LogP contribution in [0, 0.1) is 0 Å². The lowest BCUT2D eigenvalue weighted by atomic mass is 10.00. The third kappa shape index (κ3) is 4.27. The molecule has 2 aliphatic rings. The van der Waals surface area contributed by atoms with Gasteiger partial charge in [0.15, 0.2) is 0 Å². The van der Waals surface area contributed by atoms with E-state index in [1.165, 1.54) is 11.1 Å². The summed E-state index contributed by atoms with van der Waals surface area (Å²) in [5.41, 5.74) is 4.15. The molecule has 0 fully saturated rings. The Morgan fingerprint density at radius 2 is 1.83 bits per heavy atom. The van der Waals surface area contributed by atoms with Gasteiger partial charge in [-0.3, -0.25) is 14.6 Å². The van der Waals surface area contributed by atoms with E-state index in [1.807, 2.05) is 0 Å². The van der Waals surface area contributed by atoms with Gasteiger partial charge in [-0.05, 0) is 60.7 Å². The van der Waals surface area contributed by atoms with Crippen molar-refractivity contribution in [1.29, 1.82) is 0 Å². The van der Waals surface area contributed by atoms with Gasteiger partial charge in [-0.25, -0.2) is 8.42 Å². The van der Waals surface area contributed by atoms with Gasteiger partial charge < -0.3 is 4.74 Å². The molecule has 4 rings (SSSR count). The molecule has 2 aromatic carbocycles. The molecule has 0 amide bonds. The Hall–Kier alpha value is -2.64. The molecule has 2 heterocycles. The minimum atomic E-state index is -3.60. The molecule has 6 nitrogen and oxygen atoms in total. The normalized spacial score (nSPS) is 19.6. The van der Waals surface area contributed by atoms with Gasteiger partial charge in [-0.15, -0.1) is 0 Å². The van der Waals surface area contributed by atoms with Gasteiger partial charge in [0.25, 0.3) is 10.0 Å². The van der Waals surface area contributed by atoms with E-state index in [0.29, 0.717) is 29.3 Å². The zero-order valence-corrected chi connectivity index (χ0v) is 18.2. The number of benzene rings is 2. The van der Waals surface area contributed by atoms with Crippen LogP contribution in [0.4, 0.5) is 0 Å². The summed E-state index contributed by atoms with van der Waals surface area (Å²) in [5, 5.41) is 0. The molecule has 158 valence electrons. The number of nitrogens with zero attached hydrogens (tertiary/aromatic N) is 2. The maximum Gasteiger partial charge on any atom is 0.264 e. The Bertz CT molecular complexity index is 1090. The number of ether oxygens (including phenoxy) is 1. The first kappa shape index (κ1) is 20.6. The molecule has 7 heteroatoms. The Balaban J connectivity index is 1.40. The largest absolute Gasteiger partial charge is 0.497 e. The van der Waals surface area contributed by atoms with Crippen molar-refractivity contribution in [3.8, 4) is 5.75 Å². The second kappa shape index (κ2) is 8.62. The minimum absolute atomic E-state index is 0.288. The molecule has 2 aliphatic heterocycles. The molecule has 0 saturated heterocycles. The summed E-state index contributed by atoms with van der Waals surface area (Å²) in [7, 11) is -2.02. The number of hydrogen-bond acceptors (Lipinski definition) is 5. The molecule has 0 saturated carbocycles. The van der Waals surface area contributed by atoms with Crippen LogP contribution < -0.4 is 9.46 Å². The lowest BCUT2D eigenvalue weighted by molar-refractivity contribution is 0.252. The van der Waals surface area contributed by atoms with Crippen molar-refractivity contribution in [1.82, 2.24) is 9.62 Å². The topological polar surface area (TPSA) is 71.0 Å². The smallest absolute Gasteiger partial charge is 0.264 e. The van der Waals surface area contributed by atoms with Gasteiger partial charge in [-0.1, -0.05) is 24.3 Å². The van der Waals surface area contributed by atoms with Crippen LogP contribution >= 0.6 is 0 Å². The van der Waals surface area contributed by atoms with Gasteiger partial charge in [0, 0.05) is 31.8 Å². The third-order valence-corrected chi connectivity index (χ3v) is 7.20. The monoisotopic (exact) mass is 425 g/mol. The SMILES string of the molecule is COc1ccc(C2=C(C)C(=NCCCN3CCc4ccccc4C3)NS2(=O)=O)cc1. The number of fused-ring (bicyclic) bond motifs is 1. The first-order valence-electron chi connectivity index (χ1n) is 10.2. The molecular weight excluding hydrogens is 398 g/mol. The summed E-state index contributed by atoms with van der Waals surface area (Å²) in [6.07, 6.45) is 1.97. The van der Waals surface area contributed by atoms with Crippen molar-refractivity contribution in [2.75, 3.05) is 26.7 Å². The van der Waals surface area contributed by atoms with Crippen LogP contribution in [0.15, 0.2) is 59.1 Å². The van der Waals surface area contributed by atoms with Gasteiger partial charge >= 0.3 is 0 Å². The molecule has 30 heavy (non-hydrogen) atoms. The maximum absolute atomic E-state index is 12.6. The van der Waals surface area contributed by atoms with Crippen molar-refractivity contribution in [3.05, 3.63) is 70.8 Å². The molecule has 0 unspecified atom stereocenters. The van der Waals surface area contributed by atoms with Crippen LogP contribution in [0.2, 0.25) is 0 Å².